The Morgan fingerprint density at radius 1 is 1.25 bits per heavy atom. The second-order valence-corrected chi connectivity index (χ2v) is 3.97. The first-order valence-electron chi connectivity index (χ1n) is 4.55. The molecule has 2 rings (SSSR count). The van der Waals surface area contributed by atoms with E-state index in [0.717, 1.165) is 5.56 Å². The van der Waals surface area contributed by atoms with Crippen LogP contribution in [0.25, 0.3) is 11.3 Å². The lowest BCUT2D eigenvalue weighted by Crippen LogP contribution is -2.02. The van der Waals surface area contributed by atoms with Gasteiger partial charge in [-0.3, -0.25) is 4.21 Å². The van der Waals surface area contributed by atoms with Crippen LogP contribution in [-0.2, 0) is 16.8 Å². The minimum atomic E-state index is -2.20. The van der Waals surface area contributed by atoms with E-state index in [4.69, 9.17) is 0 Å². The Morgan fingerprint density at radius 3 is 2.69 bits per heavy atom. The van der Waals surface area contributed by atoms with E-state index < -0.39 is 11.1 Å². The van der Waals surface area contributed by atoms with Crippen molar-refractivity contribution in [1.29, 1.82) is 0 Å². The fraction of sp³-hybridized carbons (Fsp3) is 0.100. The third-order valence-electron chi connectivity index (χ3n) is 1.92. The van der Waals surface area contributed by atoms with Crippen molar-refractivity contribution in [2.45, 2.75) is 5.75 Å². The number of hydrogen-bond acceptors (Lipinski definition) is 5. The molecule has 0 N–H and O–H groups in total. The highest BCUT2D eigenvalue weighted by Gasteiger charge is 2.02. The standard InChI is InChI=1S/C10H9N3O2S/c14-16(15)7-10-12-9(6-11-13-10)8-4-2-1-3-5-8/h1-6H,7H2,(H,14,15)/p-1. The van der Waals surface area contributed by atoms with Crippen molar-refractivity contribution >= 4 is 11.1 Å². The molecule has 1 atom stereocenters. The lowest BCUT2D eigenvalue weighted by atomic mass is 10.2. The molecule has 2 aromatic rings. The van der Waals surface area contributed by atoms with E-state index in [1.165, 1.54) is 6.20 Å². The molecule has 1 aromatic heterocycles. The van der Waals surface area contributed by atoms with Crippen LogP contribution in [0.5, 0.6) is 0 Å². The summed E-state index contributed by atoms with van der Waals surface area (Å²) in [5, 5.41) is 7.38. The first-order chi connectivity index (χ1) is 7.75. The molecule has 0 saturated carbocycles. The Morgan fingerprint density at radius 2 is 2.00 bits per heavy atom. The van der Waals surface area contributed by atoms with Gasteiger partial charge >= 0.3 is 0 Å². The van der Waals surface area contributed by atoms with Gasteiger partial charge in [-0.15, -0.1) is 5.10 Å². The van der Waals surface area contributed by atoms with Gasteiger partial charge in [0.25, 0.3) is 0 Å². The highest BCUT2D eigenvalue weighted by Crippen LogP contribution is 2.14. The molecule has 0 saturated heterocycles. The topological polar surface area (TPSA) is 78.8 Å². The number of rotatable bonds is 3. The SMILES string of the molecule is O=S([O-])Cc1nncc(-c2ccccc2)n1. The molecule has 16 heavy (non-hydrogen) atoms. The molecule has 6 heteroatoms. The van der Waals surface area contributed by atoms with E-state index in [0.29, 0.717) is 5.69 Å². The maximum atomic E-state index is 10.5. The molecule has 1 heterocycles. The molecule has 0 fully saturated rings. The van der Waals surface area contributed by atoms with Crippen molar-refractivity contribution < 1.29 is 8.76 Å². The molecule has 0 aliphatic heterocycles. The van der Waals surface area contributed by atoms with Gasteiger partial charge in [-0.05, 0) is 11.1 Å². The third kappa shape index (κ3) is 2.68. The normalized spacial score (nSPS) is 12.3. The molecule has 0 bridgehead atoms. The second kappa shape index (κ2) is 4.91. The van der Waals surface area contributed by atoms with Crippen molar-refractivity contribution in [2.75, 3.05) is 0 Å². The summed E-state index contributed by atoms with van der Waals surface area (Å²) >= 11 is -2.20. The van der Waals surface area contributed by atoms with Crippen molar-refractivity contribution in [1.82, 2.24) is 15.2 Å². The Labute approximate surface area is 94.9 Å². The van der Waals surface area contributed by atoms with Gasteiger partial charge in [0.15, 0.2) is 5.82 Å². The summed E-state index contributed by atoms with van der Waals surface area (Å²) in [6, 6.07) is 9.40. The van der Waals surface area contributed by atoms with E-state index in [-0.39, 0.29) is 11.6 Å². The Bertz CT molecular complexity index is 504. The largest absolute Gasteiger partial charge is 0.772 e. The van der Waals surface area contributed by atoms with Gasteiger partial charge in [0.1, 0.15) is 0 Å². The molecule has 0 aliphatic rings. The predicted octanol–water partition coefficient (Wildman–Crippen LogP) is 0.918. The molecule has 1 aromatic carbocycles. The van der Waals surface area contributed by atoms with Gasteiger partial charge < -0.3 is 4.55 Å². The summed E-state index contributed by atoms with van der Waals surface area (Å²) in [6.45, 7) is 0. The van der Waals surface area contributed by atoms with Crippen LogP contribution in [0.15, 0.2) is 36.5 Å². The zero-order valence-corrected chi connectivity index (χ0v) is 9.05. The smallest absolute Gasteiger partial charge is 0.162 e. The van der Waals surface area contributed by atoms with Crippen LogP contribution in [0.1, 0.15) is 5.82 Å². The van der Waals surface area contributed by atoms with Crippen LogP contribution < -0.4 is 0 Å². The minimum Gasteiger partial charge on any atom is -0.772 e. The molecule has 1 unspecified atom stereocenters. The number of benzene rings is 1. The van der Waals surface area contributed by atoms with Crippen LogP contribution in [0, 0.1) is 0 Å². The van der Waals surface area contributed by atoms with E-state index in [2.05, 4.69) is 15.2 Å². The van der Waals surface area contributed by atoms with Gasteiger partial charge in [0.2, 0.25) is 0 Å². The predicted molar refractivity (Wildman–Crippen MR) is 57.9 cm³/mol. The first kappa shape index (κ1) is 10.8. The third-order valence-corrected chi connectivity index (χ3v) is 2.41. The molecule has 0 radical (unpaired) electrons. The van der Waals surface area contributed by atoms with Crippen molar-refractivity contribution in [2.24, 2.45) is 0 Å². The fourth-order valence-electron chi connectivity index (χ4n) is 1.26. The van der Waals surface area contributed by atoms with Crippen molar-refractivity contribution in [3.63, 3.8) is 0 Å². The van der Waals surface area contributed by atoms with Crippen LogP contribution in [0.2, 0.25) is 0 Å². The average molecular weight is 234 g/mol. The quantitative estimate of drug-likeness (QED) is 0.738. The van der Waals surface area contributed by atoms with E-state index in [1.54, 1.807) is 0 Å². The second-order valence-electron chi connectivity index (χ2n) is 3.07. The summed E-state index contributed by atoms with van der Waals surface area (Å²) < 4.78 is 21.0. The van der Waals surface area contributed by atoms with Crippen molar-refractivity contribution in [3.8, 4) is 11.3 Å². The van der Waals surface area contributed by atoms with Crippen molar-refractivity contribution in [3.05, 3.63) is 42.4 Å². The fourth-order valence-corrected chi connectivity index (χ4v) is 1.59. The highest BCUT2D eigenvalue weighted by molar-refractivity contribution is 7.78. The average Bonchev–Trinajstić information content (AvgIpc) is 2.30. The highest BCUT2D eigenvalue weighted by atomic mass is 32.2. The summed E-state index contributed by atoms with van der Waals surface area (Å²) in [7, 11) is 0. The zero-order valence-electron chi connectivity index (χ0n) is 8.24. The Kier molecular flexibility index (Phi) is 3.33. The van der Waals surface area contributed by atoms with Gasteiger partial charge in [-0.25, -0.2) is 4.98 Å². The Hall–Kier alpha value is -1.66. The lowest BCUT2D eigenvalue weighted by Gasteiger charge is -2.04. The molecular formula is C10H8N3O2S-. The number of hydrogen-bond donors (Lipinski definition) is 0. The lowest BCUT2D eigenvalue weighted by molar-refractivity contribution is 0.534. The number of aromatic nitrogens is 3. The van der Waals surface area contributed by atoms with Crippen LogP contribution in [-0.4, -0.2) is 23.9 Å². The molecular weight excluding hydrogens is 226 g/mol. The molecule has 0 aliphatic carbocycles. The molecule has 5 nitrogen and oxygen atoms in total. The molecule has 82 valence electrons. The molecule has 0 spiro atoms. The van der Waals surface area contributed by atoms with Gasteiger partial charge in [0.05, 0.1) is 17.6 Å². The van der Waals surface area contributed by atoms with Gasteiger partial charge in [-0.2, -0.15) is 5.10 Å². The van der Waals surface area contributed by atoms with Crippen LogP contribution in [0.4, 0.5) is 0 Å². The van der Waals surface area contributed by atoms with Gasteiger partial charge in [0, 0.05) is 5.56 Å². The monoisotopic (exact) mass is 234 g/mol. The van der Waals surface area contributed by atoms with E-state index >= 15 is 0 Å². The van der Waals surface area contributed by atoms with Crippen LogP contribution >= 0.6 is 0 Å². The first-order valence-corrected chi connectivity index (χ1v) is 5.80. The number of nitrogens with zero attached hydrogens (tertiary/aromatic N) is 3. The molecule has 0 amide bonds. The summed E-state index contributed by atoms with van der Waals surface area (Å²) in [6.07, 6.45) is 1.51. The maximum absolute atomic E-state index is 10.5. The summed E-state index contributed by atoms with van der Waals surface area (Å²) in [4.78, 5) is 4.12. The van der Waals surface area contributed by atoms with E-state index in [1.807, 2.05) is 30.3 Å². The minimum absolute atomic E-state index is 0.203. The maximum Gasteiger partial charge on any atom is 0.162 e. The Balaban J connectivity index is 2.33. The summed E-state index contributed by atoms with van der Waals surface area (Å²) in [5.41, 5.74) is 1.51. The van der Waals surface area contributed by atoms with E-state index in [9.17, 15) is 8.76 Å². The summed E-state index contributed by atoms with van der Waals surface area (Å²) in [5.74, 6) is -0.0112. The van der Waals surface area contributed by atoms with Gasteiger partial charge in [-0.1, -0.05) is 30.3 Å². The van der Waals surface area contributed by atoms with Crippen LogP contribution in [0.3, 0.4) is 0 Å². The zero-order chi connectivity index (χ0) is 11.4.